The highest BCUT2D eigenvalue weighted by Gasteiger charge is 2.01. The van der Waals surface area contributed by atoms with Crippen molar-refractivity contribution in [2.75, 3.05) is 5.75 Å². The summed E-state index contributed by atoms with van der Waals surface area (Å²) >= 11 is 0. The minimum atomic E-state index is -2.67. The highest BCUT2D eigenvalue weighted by atomic mass is 32.2. The molecule has 2 nitrogen and oxygen atoms in total. The van der Waals surface area contributed by atoms with Gasteiger partial charge in [-0.25, -0.2) is 4.21 Å². The smallest absolute Gasteiger partial charge is 0.0776 e. The summed E-state index contributed by atoms with van der Waals surface area (Å²) in [5.74, 6) is 0.470. The lowest BCUT2D eigenvalue weighted by atomic mass is 10.0. The predicted molar refractivity (Wildman–Crippen MR) is 125 cm³/mol. The van der Waals surface area contributed by atoms with Crippen LogP contribution in [0.2, 0.25) is 0 Å². The van der Waals surface area contributed by atoms with Gasteiger partial charge in [-0.3, -0.25) is 0 Å². The SMILES string of the molecule is CCCCCCCCCCCCCCCC=S(=O)(O)CCCCCCCC. The van der Waals surface area contributed by atoms with Gasteiger partial charge in [0.25, 0.3) is 0 Å². The van der Waals surface area contributed by atoms with Crippen LogP contribution in [0.25, 0.3) is 0 Å². The molecule has 1 unspecified atom stereocenters. The molecule has 0 heterocycles. The second-order valence-electron chi connectivity index (χ2n) is 8.36. The van der Waals surface area contributed by atoms with Crippen molar-refractivity contribution in [3.05, 3.63) is 0 Å². The van der Waals surface area contributed by atoms with Crippen LogP contribution in [-0.2, 0) is 9.80 Å². The van der Waals surface area contributed by atoms with Crippen molar-refractivity contribution < 1.29 is 8.76 Å². The second-order valence-corrected chi connectivity index (χ2v) is 10.5. The van der Waals surface area contributed by atoms with E-state index in [0.717, 1.165) is 25.7 Å². The van der Waals surface area contributed by atoms with Gasteiger partial charge >= 0.3 is 0 Å². The number of unbranched alkanes of at least 4 members (excludes halogenated alkanes) is 18. The van der Waals surface area contributed by atoms with Gasteiger partial charge in [-0.2, -0.15) is 0 Å². The zero-order chi connectivity index (χ0) is 20.1. The van der Waals surface area contributed by atoms with E-state index in [1.54, 1.807) is 5.37 Å². The molecule has 27 heavy (non-hydrogen) atoms. The molecule has 0 bridgehead atoms. The zero-order valence-electron chi connectivity index (χ0n) is 18.7. The summed E-state index contributed by atoms with van der Waals surface area (Å²) in [4.78, 5) is 0. The average Bonchev–Trinajstić information content (AvgIpc) is 2.65. The van der Waals surface area contributed by atoms with E-state index < -0.39 is 9.80 Å². The van der Waals surface area contributed by atoms with Gasteiger partial charge in [0.2, 0.25) is 0 Å². The van der Waals surface area contributed by atoms with Gasteiger partial charge in [-0.05, 0) is 24.6 Å². The van der Waals surface area contributed by atoms with Crippen LogP contribution in [0.3, 0.4) is 0 Å². The highest BCUT2D eigenvalue weighted by molar-refractivity contribution is 7.96. The summed E-state index contributed by atoms with van der Waals surface area (Å²) < 4.78 is 22.1. The molecule has 1 N–H and O–H groups in total. The minimum absolute atomic E-state index is 0.470. The van der Waals surface area contributed by atoms with Crippen molar-refractivity contribution in [2.45, 2.75) is 142 Å². The third kappa shape index (κ3) is 22.1. The maximum Gasteiger partial charge on any atom is 0.0776 e. The molecule has 0 saturated heterocycles. The van der Waals surface area contributed by atoms with E-state index in [4.69, 9.17) is 0 Å². The van der Waals surface area contributed by atoms with Crippen LogP contribution in [0.15, 0.2) is 0 Å². The Morgan fingerprint density at radius 1 is 0.556 bits per heavy atom. The molecule has 0 rings (SSSR count). The van der Waals surface area contributed by atoms with Gasteiger partial charge in [0.1, 0.15) is 0 Å². The fraction of sp³-hybridized carbons (Fsp3) is 0.958. The standard InChI is InChI=1S/C24H50O2S/c1-3-5-7-9-11-12-13-14-15-16-17-18-20-22-24-27(25,26)23-21-19-10-8-6-4-2/h24H,3-23H2,1-2H3,(H,25,26). The maximum absolute atomic E-state index is 12.1. The maximum atomic E-state index is 12.1. The third-order valence-corrected chi connectivity index (χ3v) is 7.11. The Kier molecular flexibility index (Phi) is 20.7. The van der Waals surface area contributed by atoms with E-state index in [9.17, 15) is 8.76 Å². The lowest BCUT2D eigenvalue weighted by Crippen LogP contribution is -2.08. The first-order valence-electron chi connectivity index (χ1n) is 12.2. The van der Waals surface area contributed by atoms with E-state index >= 15 is 0 Å². The monoisotopic (exact) mass is 402 g/mol. The second kappa shape index (κ2) is 20.7. The quantitative estimate of drug-likeness (QED) is 0.154. The fourth-order valence-electron chi connectivity index (χ4n) is 3.60. The fourth-order valence-corrected chi connectivity index (χ4v) is 4.92. The van der Waals surface area contributed by atoms with E-state index in [1.807, 2.05) is 0 Å². The first-order valence-corrected chi connectivity index (χ1v) is 13.9. The van der Waals surface area contributed by atoms with Crippen molar-refractivity contribution in [3.8, 4) is 0 Å². The first-order chi connectivity index (χ1) is 13.1. The molecule has 0 amide bonds. The van der Waals surface area contributed by atoms with Crippen LogP contribution in [0.5, 0.6) is 0 Å². The zero-order valence-corrected chi connectivity index (χ0v) is 19.5. The topological polar surface area (TPSA) is 37.3 Å². The Bertz CT molecular complexity index is 397. The summed E-state index contributed by atoms with van der Waals surface area (Å²) in [7, 11) is -2.67. The predicted octanol–water partition coefficient (Wildman–Crippen LogP) is 8.39. The minimum Gasteiger partial charge on any atom is -0.314 e. The van der Waals surface area contributed by atoms with Gasteiger partial charge in [0.15, 0.2) is 0 Å². The Labute approximate surface area is 172 Å². The molecule has 0 aromatic rings. The van der Waals surface area contributed by atoms with Crippen LogP contribution in [0.4, 0.5) is 0 Å². The van der Waals surface area contributed by atoms with E-state index in [1.165, 1.54) is 103 Å². The Morgan fingerprint density at radius 2 is 0.889 bits per heavy atom. The van der Waals surface area contributed by atoms with Crippen LogP contribution in [-0.4, -0.2) is 19.9 Å². The molecule has 0 aromatic carbocycles. The summed E-state index contributed by atoms with van der Waals surface area (Å²) in [6, 6.07) is 0. The summed E-state index contributed by atoms with van der Waals surface area (Å²) in [5.41, 5.74) is 0. The van der Waals surface area contributed by atoms with E-state index in [2.05, 4.69) is 13.8 Å². The molecular weight excluding hydrogens is 352 g/mol. The van der Waals surface area contributed by atoms with Crippen LogP contribution in [0, 0.1) is 0 Å². The summed E-state index contributed by atoms with van der Waals surface area (Å²) in [6.07, 6.45) is 25.3. The molecule has 0 aliphatic heterocycles. The lowest BCUT2D eigenvalue weighted by molar-refractivity contribution is 0.540. The summed E-state index contributed by atoms with van der Waals surface area (Å²) in [5, 5.41) is 1.71. The first kappa shape index (κ1) is 27.0. The van der Waals surface area contributed by atoms with Crippen molar-refractivity contribution in [3.63, 3.8) is 0 Å². The number of hydrogen-bond acceptors (Lipinski definition) is 1. The molecule has 0 fully saturated rings. The van der Waals surface area contributed by atoms with Crippen LogP contribution in [0.1, 0.15) is 142 Å². The van der Waals surface area contributed by atoms with Gasteiger partial charge in [-0.15, -0.1) is 0 Å². The van der Waals surface area contributed by atoms with Gasteiger partial charge in [0.05, 0.1) is 9.80 Å². The molecule has 0 aromatic heterocycles. The third-order valence-electron chi connectivity index (χ3n) is 5.48. The molecule has 0 aliphatic carbocycles. The molecule has 1 atom stereocenters. The van der Waals surface area contributed by atoms with Gasteiger partial charge in [-0.1, -0.05) is 123 Å². The van der Waals surface area contributed by atoms with Gasteiger partial charge in [0, 0.05) is 5.75 Å². The number of rotatable bonds is 21. The van der Waals surface area contributed by atoms with Crippen LogP contribution >= 0.6 is 0 Å². The normalized spacial score (nSPS) is 13.6. The van der Waals surface area contributed by atoms with Crippen LogP contribution < -0.4 is 0 Å². The van der Waals surface area contributed by atoms with E-state index in [-0.39, 0.29) is 0 Å². The number of hydrogen-bond donors (Lipinski definition) is 1. The van der Waals surface area contributed by atoms with Crippen molar-refractivity contribution in [1.29, 1.82) is 0 Å². The van der Waals surface area contributed by atoms with Crippen molar-refractivity contribution in [1.82, 2.24) is 0 Å². The molecule has 0 saturated carbocycles. The Balaban J connectivity index is 3.38. The lowest BCUT2D eigenvalue weighted by Gasteiger charge is -2.05. The summed E-state index contributed by atoms with van der Waals surface area (Å²) in [6.45, 7) is 4.49. The molecule has 164 valence electrons. The molecule has 0 aliphatic rings. The molecule has 0 radical (unpaired) electrons. The largest absolute Gasteiger partial charge is 0.314 e. The average molecular weight is 403 g/mol. The Morgan fingerprint density at radius 3 is 1.30 bits per heavy atom. The van der Waals surface area contributed by atoms with Crippen molar-refractivity contribution >= 4 is 15.2 Å². The van der Waals surface area contributed by atoms with E-state index in [0.29, 0.717) is 5.75 Å². The molecular formula is C24H50O2S. The Hall–Kier alpha value is -0.0200. The molecule has 3 heteroatoms. The molecule has 0 spiro atoms. The van der Waals surface area contributed by atoms with Crippen molar-refractivity contribution in [2.24, 2.45) is 0 Å². The highest BCUT2D eigenvalue weighted by Crippen LogP contribution is 2.13. The van der Waals surface area contributed by atoms with Gasteiger partial charge < -0.3 is 4.55 Å².